The van der Waals surface area contributed by atoms with Crippen molar-refractivity contribution in [3.05, 3.63) is 16.6 Å². The lowest BCUT2D eigenvalue weighted by Gasteiger charge is -2.32. The summed E-state index contributed by atoms with van der Waals surface area (Å²) in [5.74, 6) is 4.34. The van der Waals surface area contributed by atoms with E-state index >= 15 is 0 Å². The third-order valence-electron chi connectivity index (χ3n) is 3.89. The van der Waals surface area contributed by atoms with E-state index in [9.17, 15) is 0 Å². The summed E-state index contributed by atoms with van der Waals surface area (Å²) in [6.45, 7) is 4.06. The Kier molecular flexibility index (Phi) is 4.57. The third kappa shape index (κ3) is 3.45. The Morgan fingerprint density at radius 2 is 1.90 bits per heavy atom. The molecule has 0 saturated carbocycles. The highest BCUT2D eigenvalue weighted by Gasteiger charge is 2.21. The maximum absolute atomic E-state index is 5.64. The number of anilines is 1. The number of hydrogen-bond acceptors (Lipinski definition) is 4. The molecule has 0 radical (unpaired) electrons. The molecule has 0 amide bonds. The first-order valence-corrected chi connectivity index (χ1v) is 8.07. The lowest BCUT2D eigenvalue weighted by molar-refractivity contribution is 0.171. The summed E-state index contributed by atoms with van der Waals surface area (Å²) in [5, 5.41) is 3.60. The third-order valence-corrected chi connectivity index (χ3v) is 4.55. The second-order valence-electron chi connectivity index (χ2n) is 5.37. The van der Waals surface area contributed by atoms with Gasteiger partial charge in [0, 0.05) is 35.7 Å². The van der Waals surface area contributed by atoms with Gasteiger partial charge >= 0.3 is 0 Å². The SMILES string of the molecule is C#CCN1CCC(Nc2cc3c(cc2Br)OCCO3)CC1. The number of likely N-dealkylation sites (tertiary alicyclic amines) is 1. The van der Waals surface area contributed by atoms with Gasteiger partial charge in [-0.2, -0.15) is 0 Å². The van der Waals surface area contributed by atoms with Crippen LogP contribution in [0.4, 0.5) is 5.69 Å². The Balaban J connectivity index is 1.64. The molecular weight excluding hydrogens is 332 g/mol. The molecule has 3 rings (SSSR count). The van der Waals surface area contributed by atoms with E-state index in [0.29, 0.717) is 19.3 Å². The van der Waals surface area contributed by atoms with Crippen LogP contribution in [0.3, 0.4) is 0 Å². The number of rotatable bonds is 3. The monoisotopic (exact) mass is 350 g/mol. The summed E-state index contributed by atoms with van der Waals surface area (Å²) in [7, 11) is 0. The van der Waals surface area contributed by atoms with Gasteiger partial charge in [-0.05, 0) is 28.8 Å². The van der Waals surface area contributed by atoms with Gasteiger partial charge in [-0.3, -0.25) is 4.90 Å². The first-order chi connectivity index (χ1) is 10.3. The Morgan fingerprint density at radius 1 is 1.24 bits per heavy atom. The number of ether oxygens (including phenoxy) is 2. The van der Waals surface area contributed by atoms with Crippen molar-refractivity contribution < 1.29 is 9.47 Å². The fraction of sp³-hybridized carbons (Fsp3) is 0.500. The van der Waals surface area contributed by atoms with Gasteiger partial charge in [-0.1, -0.05) is 5.92 Å². The zero-order chi connectivity index (χ0) is 14.7. The van der Waals surface area contributed by atoms with Crippen molar-refractivity contribution in [2.24, 2.45) is 0 Å². The molecule has 1 N–H and O–H groups in total. The summed E-state index contributed by atoms with van der Waals surface area (Å²) in [6, 6.07) is 4.47. The number of piperidine rings is 1. The highest BCUT2D eigenvalue weighted by molar-refractivity contribution is 9.10. The number of nitrogens with zero attached hydrogens (tertiary/aromatic N) is 1. The van der Waals surface area contributed by atoms with Crippen LogP contribution in [0.1, 0.15) is 12.8 Å². The molecule has 0 unspecified atom stereocenters. The highest BCUT2D eigenvalue weighted by Crippen LogP contribution is 2.38. The van der Waals surface area contributed by atoms with Gasteiger partial charge in [-0.25, -0.2) is 0 Å². The van der Waals surface area contributed by atoms with E-state index < -0.39 is 0 Å². The maximum atomic E-state index is 5.64. The molecular formula is C16H19BrN2O2. The minimum absolute atomic E-state index is 0.470. The lowest BCUT2D eigenvalue weighted by atomic mass is 10.0. The first-order valence-electron chi connectivity index (χ1n) is 7.28. The molecule has 0 spiro atoms. The smallest absolute Gasteiger partial charge is 0.163 e. The van der Waals surface area contributed by atoms with E-state index in [1.165, 1.54) is 0 Å². The molecule has 1 aromatic carbocycles. The van der Waals surface area contributed by atoms with E-state index in [4.69, 9.17) is 15.9 Å². The molecule has 2 aliphatic heterocycles. The number of nitrogens with one attached hydrogen (secondary N) is 1. The first kappa shape index (κ1) is 14.6. The molecule has 0 aliphatic carbocycles. The molecule has 1 aromatic rings. The predicted molar refractivity (Wildman–Crippen MR) is 87.0 cm³/mol. The van der Waals surface area contributed by atoms with Crippen LogP contribution in [0.25, 0.3) is 0 Å². The van der Waals surface area contributed by atoms with E-state index in [1.54, 1.807) is 0 Å². The van der Waals surface area contributed by atoms with Crippen LogP contribution in [-0.4, -0.2) is 43.8 Å². The van der Waals surface area contributed by atoms with E-state index in [2.05, 4.69) is 32.1 Å². The Morgan fingerprint density at radius 3 is 2.57 bits per heavy atom. The van der Waals surface area contributed by atoms with Gasteiger partial charge in [0.2, 0.25) is 0 Å². The van der Waals surface area contributed by atoms with Crippen molar-refractivity contribution in [1.29, 1.82) is 0 Å². The van der Waals surface area contributed by atoms with Gasteiger partial charge in [0.05, 0.1) is 12.2 Å². The van der Waals surface area contributed by atoms with Crippen LogP contribution in [0.2, 0.25) is 0 Å². The largest absolute Gasteiger partial charge is 0.486 e. The van der Waals surface area contributed by atoms with Crippen LogP contribution in [0.5, 0.6) is 11.5 Å². The fourth-order valence-electron chi connectivity index (χ4n) is 2.76. The van der Waals surface area contributed by atoms with Gasteiger partial charge in [-0.15, -0.1) is 6.42 Å². The Hall–Kier alpha value is -1.38. The quantitative estimate of drug-likeness (QED) is 0.850. The van der Waals surface area contributed by atoms with Gasteiger partial charge in [0.15, 0.2) is 11.5 Å². The number of terminal acetylenes is 1. The van der Waals surface area contributed by atoms with Crippen LogP contribution < -0.4 is 14.8 Å². The highest BCUT2D eigenvalue weighted by atomic mass is 79.9. The fourth-order valence-corrected chi connectivity index (χ4v) is 3.20. The number of benzene rings is 1. The number of fused-ring (bicyclic) bond motifs is 1. The van der Waals surface area contributed by atoms with Gasteiger partial charge in [0.25, 0.3) is 0 Å². The van der Waals surface area contributed by atoms with Crippen molar-refractivity contribution in [2.75, 3.05) is 38.2 Å². The number of hydrogen-bond donors (Lipinski definition) is 1. The normalized spacial score (nSPS) is 19.0. The van der Waals surface area contributed by atoms with Crippen LogP contribution in [-0.2, 0) is 0 Å². The lowest BCUT2D eigenvalue weighted by Crippen LogP contribution is -2.39. The van der Waals surface area contributed by atoms with Crippen LogP contribution >= 0.6 is 15.9 Å². The summed E-state index contributed by atoms with van der Waals surface area (Å²) >= 11 is 3.60. The molecule has 2 heterocycles. The van der Waals surface area contributed by atoms with Crippen LogP contribution in [0.15, 0.2) is 16.6 Å². The molecule has 5 heteroatoms. The van der Waals surface area contributed by atoms with Gasteiger partial charge in [0.1, 0.15) is 13.2 Å². The predicted octanol–water partition coefficient (Wildman–Crippen LogP) is 2.73. The minimum atomic E-state index is 0.470. The Bertz CT molecular complexity index is 548. The molecule has 1 saturated heterocycles. The molecule has 21 heavy (non-hydrogen) atoms. The van der Waals surface area contributed by atoms with Crippen molar-refractivity contribution in [1.82, 2.24) is 4.90 Å². The Labute approximate surface area is 133 Å². The topological polar surface area (TPSA) is 33.7 Å². The maximum Gasteiger partial charge on any atom is 0.163 e. The second-order valence-corrected chi connectivity index (χ2v) is 6.23. The summed E-state index contributed by atoms with van der Waals surface area (Å²) < 4.78 is 12.2. The minimum Gasteiger partial charge on any atom is -0.486 e. The molecule has 112 valence electrons. The molecule has 4 nitrogen and oxygen atoms in total. The van der Waals surface area contributed by atoms with Crippen molar-refractivity contribution in [3.63, 3.8) is 0 Å². The molecule has 0 bridgehead atoms. The molecule has 0 aromatic heterocycles. The van der Waals surface area contributed by atoms with Crippen molar-refractivity contribution in [2.45, 2.75) is 18.9 Å². The van der Waals surface area contributed by atoms with Crippen molar-refractivity contribution >= 4 is 21.6 Å². The zero-order valence-corrected chi connectivity index (χ0v) is 13.5. The average Bonchev–Trinajstić information content (AvgIpc) is 2.50. The summed E-state index contributed by atoms with van der Waals surface area (Å²) in [5.41, 5.74) is 1.06. The van der Waals surface area contributed by atoms with Gasteiger partial charge < -0.3 is 14.8 Å². The molecule has 0 atom stereocenters. The zero-order valence-electron chi connectivity index (χ0n) is 11.9. The van der Waals surface area contributed by atoms with Crippen molar-refractivity contribution in [3.8, 4) is 23.8 Å². The molecule has 1 fully saturated rings. The standard InChI is InChI=1S/C16H19BrN2O2/c1-2-5-19-6-3-12(4-7-19)18-14-11-16-15(10-13(14)17)20-8-9-21-16/h1,10-12,18H,3-9H2. The van der Waals surface area contributed by atoms with Crippen LogP contribution in [0, 0.1) is 12.3 Å². The van der Waals surface area contributed by atoms with E-state index in [1.807, 2.05) is 12.1 Å². The summed E-state index contributed by atoms with van der Waals surface area (Å²) in [4.78, 5) is 2.32. The average molecular weight is 351 g/mol. The molecule has 2 aliphatic rings. The number of halogens is 1. The second kappa shape index (κ2) is 6.59. The van der Waals surface area contributed by atoms with E-state index in [0.717, 1.165) is 54.1 Å². The van der Waals surface area contributed by atoms with E-state index in [-0.39, 0.29) is 0 Å². The summed E-state index contributed by atoms with van der Waals surface area (Å²) in [6.07, 6.45) is 7.56.